The lowest BCUT2D eigenvalue weighted by atomic mass is 9.87. The highest BCUT2D eigenvalue weighted by Crippen LogP contribution is 2.57. The van der Waals surface area contributed by atoms with Crippen LogP contribution in [0.3, 0.4) is 0 Å². The SMILES string of the molecule is CCc1cccc(C2=C(c3cccc(CC)c3)[Si](C)(CC)C(c3cccc(CC)c3)=C2c2cccc(CC)c2)c1. The number of aryl methyl sites for hydroxylation is 4. The molecule has 40 heavy (non-hydrogen) atoms. The van der Waals surface area contributed by atoms with Crippen LogP contribution in [0, 0.1) is 0 Å². The van der Waals surface area contributed by atoms with Gasteiger partial charge in [0.25, 0.3) is 0 Å². The molecule has 0 spiro atoms. The molecule has 1 aliphatic heterocycles. The van der Waals surface area contributed by atoms with Crippen LogP contribution < -0.4 is 0 Å². The van der Waals surface area contributed by atoms with E-state index in [4.69, 9.17) is 0 Å². The molecule has 0 fully saturated rings. The van der Waals surface area contributed by atoms with Crippen LogP contribution in [0.2, 0.25) is 12.6 Å². The van der Waals surface area contributed by atoms with E-state index in [9.17, 15) is 0 Å². The summed E-state index contributed by atoms with van der Waals surface area (Å²) >= 11 is 0. The normalized spacial score (nSPS) is 14.8. The summed E-state index contributed by atoms with van der Waals surface area (Å²) in [5.74, 6) is 0. The van der Waals surface area contributed by atoms with Crippen molar-refractivity contribution in [2.24, 2.45) is 0 Å². The van der Waals surface area contributed by atoms with E-state index in [0.717, 1.165) is 31.7 Å². The van der Waals surface area contributed by atoms with E-state index < -0.39 is 8.07 Å². The number of hydrogen-bond donors (Lipinski definition) is 0. The first-order chi connectivity index (χ1) is 19.5. The fourth-order valence-electron chi connectivity index (χ4n) is 6.57. The summed E-state index contributed by atoms with van der Waals surface area (Å²) in [5, 5.41) is 3.21. The van der Waals surface area contributed by atoms with E-state index in [2.05, 4.69) is 138 Å². The largest absolute Gasteiger partial charge is 0.118 e. The Kier molecular flexibility index (Phi) is 8.42. The first-order valence-corrected chi connectivity index (χ1v) is 18.0. The van der Waals surface area contributed by atoms with E-state index in [0.29, 0.717) is 0 Å². The van der Waals surface area contributed by atoms with Crippen molar-refractivity contribution in [3.8, 4) is 0 Å². The lowest BCUT2D eigenvalue weighted by Gasteiger charge is -2.30. The smallest absolute Gasteiger partial charge is 0.0672 e. The van der Waals surface area contributed by atoms with Gasteiger partial charge in [-0.2, -0.15) is 0 Å². The van der Waals surface area contributed by atoms with Crippen molar-refractivity contribution < 1.29 is 0 Å². The van der Waals surface area contributed by atoms with E-state index in [-0.39, 0.29) is 0 Å². The van der Waals surface area contributed by atoms with Crippen LogP contribution in [0.5, 0.6) is 0 Å². The summed E-state index contributed by atoms with van der Waals surface area (Å²) < 4.78 is 0. The highest BCUT2D eigenvalue weighted by molar-refractivity contribution is 7.13. The van der Waals surface area contributed by atoms with E-state index in [1.165, 1.54) is 55.7 Å². The molecule has 4 aromatic rings. The Morgan fingerprint density at radius 1 is 0.425 bits per heavy atom. The highest BCUT2D eigenvalue weighted by Gasteiger charge is 2.46. The molecule has 0 saturated carbocycles. The minimum absolute atomic E-state index is 1.04. The molecular formula is C39H44Si. The van der Waals surface area contributed by atoms with Crippen molar-refractivity contribution in [2.45, 2.75) is 72.9 Å². The van der Waals surface area contributed by atoms with Crippen LogP contribution in [-0.4, -0.2) is 8.07 Å². The minimum atomic E-state index is -2.16. The van der Waals surface area contributed by atoms with Crippen LogP contribution in [0.4, 0.5) is 0 Å². The molecule has 0 saturated heterocycles. The third kappa shape index (κ3) is 5.08. The van der Waals surface area contributed by atoms with Crippen LogP contribution >= 0.6 is 0 Å². The van der Waals surface area contributed by atoms with Gasteiger partial charge in [0.1, 0.15) is 8.07 Å². The molecule has 0 N–H and O–H groups in total. The van der Waals surface area contributed by atoms with Crippen LogP contribution in [0.25, 0.3) is 21.5 Å². The standard InChI is InChI=1S/C39H44Si/c1-7-28-16-12-20-32(24-28)36-37(33-21-13-17-29(8-2)25-33)39(35-23-15-19-31(10-4)27-35)40(6,11-5)38(36)34-22-14-18-30(9-3)26-34/h12-27H,7-11H2,1-6H3. The van der Waals surface area contributed by atoms with Gasteiger partial charge in [-0.05, 0) is 91.7 Å². The predicted molar refractivity (Wildman–Crippen MR) is 179 cm³/mol. The molecule has 1 heterocycles. The van der Waals surface area contributed by atoms with E-state index in [1.807, 2.05) is 0 Å². The van der Waals surface area contributed by atoms with Gasteiger partial charge in [-0.15, -0.1) is 0 Å². The summed E-state index contributed by atoms with van der Waals surface area (Å²) in [7, 11) is -2.16. The van der Waals surface area contributed by atoms with Gasteiger partial charge in [0.05, 0.1) is 0 Å². The van der Waals surface area contributed by atoms with Crippen molar-refractivity contribution in [3.05, 3.63) is 142 Å². The zero-order chi connectivity index (χ0) is 28.3. The molecule has 0 aliphatic carbocycles. The Morgan fingerprint density at radius 3 is 1.02 bits per heavy atom. The fraction of sp³-hybridized carbons (Fsp3) is 0.282. The monoisotopic (exact) mass is 540 g/mol. The van der Waals surface area contributed by atoms with Crippen molar-refractivity contribution in [3.63, 3.8) is 0 Å². The van der Waals surface area contributed by atoms with Crippen LogP contribution in [0.1, 0.15) is 79.1 Å². The van der Waals surface area contributed by atoms with E-state index in [1.54, 1.807) is 10.4 Å². The van der Waals surface area contributed by atoms with Crippen molar-refractivity contribution in [1.82, 2.24) is 0 Å². The maximum atomic E-state index is 2.63. The molecule has 204 valence electrons. The fourth-order valence-corrected chi connectivity index (χ4v) is 10.8. The van der Waals surface area contributed by atoms with Gasteiger partial charge in [0.15, 0.2) is 0 Å². The molecular weight excluding hydrogens is 497 g/mol. The summed E-state index contributed by atoms with van der Waals surface area (Å²) in [4.78, 5) is 0. The lowest BCUT2D eigenvalue weighted by Crippen LogP contribution is -2.32. The topological polar surface area (TPSA) is 0 Å². The summed E-state index contributed by atoms with van der Waals surface area (Å²) in [6, 6.07) is 38.7. The average molecular weight is 541 g/mol. The van der Waals surface area contributed by atoms with Gasteiger partial charge < -0.3 is 0 Å². The number of allylic oxidation sites excluding steroid dienone is 2. The second kappa shape index (κ2) is 12.0. The predicted octanol–water partition coefficient (Wildman–Crippen LogP) is 10.6. The van der Waals surface area contributed by atoms with Gasteiger partial charge in [-0.3, -0.25) is 0 Å². The van der Waals surface area contributed by atoms with Gasteiger partial charge in [-0.1, -0.05) is 144 Å². The molecule has 0 radical (unpaired) electrons. The molecule has 0 unspecified atom stereocenters. The maximum Gasteiger partial charge on any atom is 0.118 e. The molecule has 0 aromatic heterocycles. The molecule has 4 aromatic carbocycles. The van der Waals surface area contributed by atoms with E-state index >= 15 is 0 Å². The quantitative estimate of drug-likeness (QED) is 0.185. The summed E-state index contributed by atoms with van der Waals surface area (Å²) in [6.45, 7) is 14.1. The first-order valence-electron chi connectivity index (χ1n) is 15.3. The van der Waals surface area contributed by atoms with Crippen LogP contribution in [0.15, 0.2) is 97.1 Å². The van der Waals surface area contributed by atoms with Gasteiger partial charge >= 0.3 is 0 Å². The molecule has 0 bridgehead atoms. The lowest BCUT2D eigenvalue weighted by molar-refractivity contribution is 1.14. The molecule has 0 atom stereocenters. The second-order valence-electron chi connectivity index (χ2n) is 11.4. The van der Waals surface area contributed by atoms with Gasteiger partial charge in [-0.25, -0.2) is 0 Å². The maximum absolute atomic E-state index is 2.63. The van der Waals surface area contributed by atoms with Gasteiger partial charge in [0, 0.05) is 0 Å². The number of rotatable bonds is 9. The first kappa shape index (κ1) is 28.1. The zero-order valence-electron chi connectivity index (χ0n) is 25.3. The summed E-state index contributed by atoms with van der Waals surface area (Å²) in [6.07, 6.45) is 4.19. The van der Waals surface area contributed by atoms with Crippen LogP contribution in [-0.2, 0) is 25.7 Å². The van der Waals surface area contributed by atoms with Crippen molar-refractivity contribution in [2.75, 3.05) is 0 Å². The Hall–Kier alpha value is -3.42. The Bertz CT molecular complexity index is 1470. The minimum Gasteiger partial charge on any atom is -0.0672 e. The third-order valence-corrected chi connectivity index (χ3v) is 13.8. The van der Waals surface area contributed by atoms with Crippen molar-refractivity contribution >= 4 is 29.6 Å². The highest BCUT2D eigenvalue weighted by atomic mass is 28.3. The molecule has 1 heteroatoms. The Morgan fingerprint density at radius 2 is 0.725 bits per heavy atom. The number of benzene rings is 4. The Balaban J connectivity index is 1.96. The molecule has 1 aliphatic rings. The second-order valence-corrected chi connectivity index (χ2v) is 15.8. The molecule has 0 nitrogen and oxygen atoms in total. The number of hydrogen-bond acceptors (Lipinski definition) is 0. The molecule has 5 rings (SSSR count). The van der Waals surface area contributed by atoms with Crippen molar-refractivity contribution in [1.29, 1.82) is 0 Å². The Labute approximate surface area is 243 Å². The van der Waals surface area contributed by atoms with Gasteiger partial charge in [0.2, 0.25) is 0 Å². The zero-order valence-corrected chi connectivity index (χ0v) is 26.3. The average Bonchev–Trinajstić information content (AvgIpc) is 3.30. The molecule has 0 amide bonds. The third-order valence-electron chi connectivity index (χ3n) is 9.06. The summed E-state index contributed by atoms with van der Waals surface area (Å²) in [5.41, 5.74) is 14.1.